The maximum Gasteiger partial charge on any atom is 0.320 e. The number of allylic oxidation sites excluding steroid dienone is 1. The molecular weight excluding hydrogens is 308 g/mol. The first-order valence-corrected chi connectivity index (χ1v) is 8.91. The van der Waals surface area contributed by atoms with Crippen LogP contribution in [0.15, 0.2) is 12.7 Å². The van der Waals surface area contributed by atoms with E-state index in [9.17, 15) is 9.59 Å². The summed E-state index contributed by atoms with van der Waals surface area (Å²) in [5.41, 5.74) is -1.13. The van der Waals surface area contributed by atoms with E-state index < -0.39 is 17.2 Å². The van der Waals surface area contributed by atoms with Crippen LogP contribution in [0.2, 0.25) is 0 Å². The van der Waals surface area contributed by atoms with Gasteiger partial charge in [0.15, 0.2) is 11.6 Å². The van der Waals surface area contributed by atoms with Crippen LogP contribution < -0.4 is 0 Å². The van der Waals surface area contributed by atoms with E-state index in [1.165, 1.54) is 0 Å². The number of Topliss-reactive ketones (excluding diaryl/α,β-unsaturated/α-hetero) is 1. The van der Waals surface area contributed by atoms with Gasteiger partial charge in [0.1, 0.15) is 5.41 Å². The predicted molar refractivity (Wildman–Crippen MR) is 88.1 cm³/mol. The van der Waals surface area contributed by atoms with Crippen LogP contribution in [0.1, 0.15) is 46.5 Å². The molecule has 24 heavy (non-hydrogen) atoms. The fourth-order valence-corrected chi connectivity index (χ4v) is 4.70. The lowest BCUT2D eigenvalue weighted by atomic mass is 9.72. The Morgan fingerprint density at radius 1 is 1.33 bits per heavy atom. The molecule has 0 radical (unpaired) electrons. The van der Waals surface area contributed by atoms with E-state index in [0.29, 0.717) is 26.1 Å². The van der Waals surface area contributed by atoms with E-state index in [2.05, 4.69) is 20.4 Å². The van der Waals surface area contributed by atoms with Crippen molar-refractivity contribution in [2.45, 2.75) is 52.2 Å². The van der Waals surface area contributed by atoms with Crippen molar-refractivity contribution in [3.63, 3.8) is 0 Å². The van der Waals surface area contributed by atoms with Crippen molar-refractivity contribution in [3.8, 4) is 0 Å². The highest BCUT2D eigenvalue weighted by atomic mass is 16.7. The monoisotopic (exact) mass is 336 g/mol. The molecule has 0 unspecified atom stereocenters. The van der Waals surface area contributed by atoms with Gasteiger partial charge in [-0.25, -0.2) is 0 Å². The highest BCUT2D eigenvalue weighted by Crippen LogP contribution is 2.61. The Balaban J connectivity index is 1.90. The molecule has 2 aliphatic carbocycles. The van der Waals surface area contributed by atoms with Gasteiger partial charge < -0.3 is 14.2 Å². The Morgan fingerprint density at radius 3 is 2.58 bits per heavy atom. The number of carbonyl (C=O) groups is 2. The van der Waals surface area contributed by atoms with Crippen molar-refractivity contribution in [3.05, 3.63) is 12.7 Å². The minimum Gasteiger partial charge on any atom is -0.465 e. The topological polar surface area (TPSA) is 61.8 Å². The van der Waals surface area contributed by atoms with Crippen molar-refractivity contribution < 1.29 is 23.8 Å². The minimum absolute atomic E-state index is 0.0225. The van der Waals surface area contributed by atoms with Crippen LogP contribution in [0.4, 0.5) is 0 Å². The average Bonchev–Trinajstić information content (AvgIpc) is 3.01. The maximum atomic E-state index is 12.9. The molecule has 3 atom stereocenters. The number of ketones is 1. The summed E-state index contributed by atoms with van der Waals surface area (Å²) >= 11 is 0. The zero-order valence-corrected chi connectivity index (χ0v) is 14.9. The zero-order valence-electron chi connectivity index (χ0n) is 14.9. The third-order valence-electron chi connectivity index (χ3n) is 5.91. The number of hydrogen-bond donors (Lipinski definition) is 0. The summed E-state index contributed by atoms with van der Waals surface area (Å²) in [7, 11) is 0. The predicted octanol–water partition coefficient (Wildman–Crippen LogP) is 2.88. The van der Waals surface area contributed by atoms with E-state index in [1.54, 1.807) is 13.0 Å². The number of esters is 1. The number of ether oxygens (including phenoxy) is 3. The van der Waals surface area contributed by atoms with Crippen LogP contribution in [0, 0.1) is 22.7 Å². The van der Waals surface area contributed by atoms with Crippen LogP contribution in [0.25, 0.3) is 0 Å². The molecule has 3 fully saturated rings. The highest BCUT2D eigenvalue weighted by molar-refractivity contribution is 6.06. The molecule has 0 N–H and O–H groups in total. The Hall–Kier alpha value is -1.20. The molecule has 0 aromatic carbocycles. The Kier molecular flexibility index (Phi) is 4.37. The van der Waals surface area contributed by atoms with Gasteiger partial charge in [-0.2, -0.15) is 0 Å². The summed E-state index contributed by atoms with van der Waals surface area (Å²) < 4.78 is 17.6. The van der Waals surface area contributed by atoms with Gasteiger partial charge in [0.2, 0.25) is 0 Å². The SMILES string of the molecule is C=CC[C@]1(C(=O)OCC)C(=O)C[C@@H]2[C@H]1CCC21OCC(C)(C)CO1. The van der Waals surface area contributed by atoms with E-state index in [4.69, 9.17) is 14.2 Å². The molecule has 1 saturated heterocycles. The summed E-state index contributed by atoms with van der Waals surface area (Å²) in [6, 6.07) is 0. The average molecular weight is 336 g/mol. The zero-order chi connectivity index (χ0) is 17.6. The molecule has 134 valence electrons. The maximum absolute atomic E-state index is 12.9. The molecule has 1 spiro atoms. The van der Waals surface area contributed by atoms with Gasteiger partial charge >= 0.3 is 5.97 Å². The van der Waals surface area contributed by atoms with Crippen LogP contribution in [-0.2, 0) is 23.8 Å². The third kappa shape index (κ3) is 2.44. The molecular formula is C19H28O5. The minimum atomic E-state index is -1.11. The summed E-state index contributed by atoms with van der Waals surface area (Å²) in [4.78, 5) is 25.6. The molecule has 5 nitrogen and oxygen atoms in total. The van der Waals surface area contributed by atoms with Crippen molar-refractivity contribution in [2.75, 3.05) is 19.8 Å². The van der Waals surface area contributed by atoms with Crippen LogP contribution in [-0.4, -0.2) is 37.4 Å². The van der Waals surface area contributed by atoms with E-state index in [1.807, 2.05) is 0 Å². The molecule has 3 aliphatic rings. The number of hydrogen-bond acceptors (Lipinski definition) is 5. The first kappa shape index (κ1) is 17.6. The van der Waals surface area contributed by atoms with Gasteiger partial charge in [0.25, 0.3) is 0 Å². The first-order chi connectivity index (χ1) is 11.3. The fourth-order valence-electron chi connectivity index (χ4n) is 4.70. The molecule has 0 aromatic rings. The lowest BCUT2D eigenvalue weighted by Crippen LogP contribution is -2.50. The summed E-state index contributed by atoms with van der Waals surface area (Å²) in [5, 5.41) is 0. The van der Waals surface area contributed by atoms with Crippen LogP contribution in [0.5, 0.6) is 0 Å². The quantitative estimate of drug-likeness (QED) is 0.449. The van der Waals surface area contributed by atoms with Crippen LogP contribution >= 0.6 is 0 Å². The molecule has 1 heterocycles. The van der Waals surface area contributed by atoms with Gasteiger partial charge in [-0.05, 0) is 25.7 Å². The Labute approximate surface area is 143 Å². The summed E-state index contributed by atoms with van der Waals surface area (Å²) in [6.07, 6.45) is 3.77. The molecule has 0 bridgehead atoms. The lowest BCUT2D eigenvalue weighted by Gasteiger charge is -2.44. The lowest BCUT2D eigenvalue weighted by molar-refractivity contribution is -0.315. The highest BCUT2D eigenvalue weighted by Gasteiger charge is 2.68. The Morgan fingerprint density at radius 2 is 2.00 bits per heavy atom. The van der Waals surface area contributed by atoms with E-state index in [0.717, 1.165) is 12.8 Å². The molecule has 5 heteroatoms. The van der Waals surface area contributed by atoms with Gasteiger partial charge in [0, 0.05) is 24.2 Å². The summed E-state index contributed by atoms with van der Waals surface area (Å²) in [6.45, 7) is 11.2. The van der Waals surface area contributed by atoms with E-state index >= 15 is 0 Å². The van der Waals surface area contributed by atoms with Crippen molar-refractivity contribution >= 4 is 11.8 Å². The standard InChI is InChI=1S/C19H28O5/c1-5-8-18(16(21)22-6-2)13-7-9-19(14(13)10-15(18)20)23-11-17(3,4)12-24-19/h5,13-14H,1,6-12H2,2-4H3/t13-,14-,18-/m1/s1. The van der Waals surface area contributed by atoms with Gasteiger partial charge in [-0.1, -0.05) is 19.9 Å². The molecule has 2 saturated carbocycles. The van der Waals surface area contributed by atoms with Crippen LogP contribution in [0.3, 0.4) is 0 Å². The number of rotatable bonds is 4. The summed E-state index contributed by atoms with van der Waals surface area (Å²) in [5.74, 6) is -1.35. The second-order valence-corrected chi connectivity index (χ2v) is 8.12. The largest absolute Gasteiger partial charge is 0.465 e. The van der Waals surface area contributed by atoms with Gasteiger partial charge in [0.05, 0.1) is 19.8 Å². The third-order valence-corrected chi connectivity index (χ3v) is 5.91. The molecule has 0 amide bonds. The normalized spacial score (nSPS) is 36.5. The van der Waals surface area contributed by atoms with Gasteiger partial charge in [-0.15, -0.1) is 6.58 Å². The second kappa shape index (κ2) is 5.95. The van der Waals surface area contributed by atoms with E-state index in [-0.39, 0.29) is 29.6 Å². The van der Waals surface area contributed by atoms with Crippen molar-refractivity contribution in [1.29, 1.82) is 0 Å². The van der Waals surface area contributed by atoms with Gasteiger partial charge in [-0.3, -0.25) is 9.59 Å². The fraction of sp³-hybridized carbons (Fsp3) is 0.789. The second-order valence-electron chi connectivity index (χ2n) is 8.12. The van der Waals surface area contributed by atoms with Crippen molar-refractivity contribution in [1.82, 2.24) is 0 Å². The molecule has 3 rings (SSSR count). The first-order valence-electron chi connectivity index (χ1n) is 8.91. The van der Waals surface area contributed by atoms with Crippen molar-refractivity contribution in [2.24, 2.45) is 22.7 Å². The number of fused-ring (bicyclic) bond motifs is 2. The Bertz CT molecular complexity index is 542. The number of carbonyl (C=O) groups excluding carboxylic acids is 2. The molecule has 1 aliphatic heterocycles. The molecule has 0 aromatic heterocycles. The smallest absolute Gasteiger partial charge is 0.320 e.